The van der Waals surface area contributed by atoms with E-state index in [1.807, 2.05) is 0 Å². The van der Waals surface area contributed by atoms with Gasteiger partial charge in [0.15, 0.2) is 0 Å². The average Bonchev–Trinajstić information content (AvgIpc) is 2.73. The van der Waals surface area contributed by atoms with E-state index < -0.39 is 20.8 Å². The summed E-state index contributed by atoms with van der Waals surface area (Å²) in [5.74, 6) is -1.54. The van der Waals surface area contributed by atoms with Crippen molar-refractivity contribution in [3.63, 3.8) is 0 Å². The van der Waals surface area contributed by atoms with Gasteiger partial charge in [-0.05, 0) is 41.4 Å². The summed E-state index contributed by atoms with van der Waals surface area (Å²) in [5, 5.41) is 2.63. The molecule has 0 bridgehead atoms. The van der Waals surface area contributed by atoms with Crippen LogP contribution in [0.5, 0.6) is 0 Å². The second-order valence-corrected chi connectivity index (χ2v) is 8.03. The van der Waals surface area contributed by atoms with Crippen LogP contribution in [0.4, 0.5) is 4.39 Å². The maximum absolute atomic E-state index is 13.9. The summed E-state index contributed by atoms with van der Waals surface area (Å²) in [6.07, 6.45) is 0.440. The maximum atomic E-state index is 13.9. The number of carbonyl (C=O) groups is 1. The van der Waals surface area contributed by atoms with Crippen molar-refractivity contribution < 1.29 is 22.3 Å². The first-order chi connectivity index (χ1) is 9.70. The Labute approximate surface area is 134 Å². The van der Waals surface area contributed by atoms with Crippen molar-refractivity contribution >= 4 is 41.6 Å². The summed E-state index contributed by atoms with van der Waals surface area (Å²) in [4.78, 5) is 11.7. The Morgan fingerprint density at radius 3 is 2.71 bits per heavy atom. The summed E-state index contributed by atoms with van der Waals surface area (Å²) in [5.41, 5.74) is -0.378. The fraction of sp³-hybridized carbons (Fsp3) is 0.417. The van der Waals surface area contributed by atoms with Crippen molar-refractivity contribution in [3.05, 3.63) is 28.0 Å². The number of nitrogens with one attached hydrogen (secondary N) is 1. The number of benzene rings is 1. The lowest BCUT2D eigenvalue weighted by Crippen LogP contribution is -2.39. The normalized spacial score (nSPS) is 22.3. The first kappa shape index (κ1) is 16.7. The Morgan fingerprint density at radius 1 is 1.52 bits per heavy atom. The first-order valence-electron chi connectivity index (χ1n) is 6.06. The van der Waals surface area contributed by atoms with Crippen LogP contribution in [0, 0.1) is 5.82 Å². The molecule has 1 N–H and O–H groups in total. The number of ether oxygens (including phenoxy) is 1. The predicted molar refractivity (Wildman–Crippen MR) is 78.4 cm³/mol. The van der Waals surface area contributed by atoms with E-state index in [0.29, 0.717) is 13.0 Å². The zero-order chi connectivity index (χ0) is 15.8. The third-order valence-corrected chi connectivity index (χ3v) is 5.50. The van der Waals surface area contributed by atoms with Gasteiger partial charge in [0.1, 0.15) is 5.82 Å². The van der Waals surface area contributed by atoms with Crippen molar-refractivity contribution in [3.8, 4) is 0 Å². The minimum Gasteiger partial charge on any atom is -0.376 e. The van der Waals surface area contributed by atoms with E-state index in [1.165, 1.54) is 0 Å². The van der Waals surface area contributed by atoms with Gasteiger partial charge in [0.2, 0.25) is 0 Å². The highest BCUT2D eigenvalue weighted by molar-refractivity contribution is 9.10. The molecule has 0 spiro atoms. The molecule has 1 aromatic carbocycles. The van der Waals surface area contributed by atoms with Crippen LogP contribution >= 0.6 is 26.6 Å². The van der Waals surface area contributed by atoms with Gasteiger partial charge < -0.3 is 10.1 Å². The standard InChI is InChI=1S/C12H12BrClFNO4S/c1-6-10(2-3-20-6)16-12(17)7-4-11(21(14,18)19)8(13)5-9(7)15/h4-6,10H,2-3H2,1H3,(H,16,17). The molecule has 0 saturated carbocycles. The first-order valence-corrected chi connectivity index (χ1v) is 9.16. The van der Waals surface area contributed by atoms with Crippen LogP contribution in [0.2, 0.25) is 0 Å². The molecular weight excluding hydrogens is 389 g/mol. The van der Waals surface area contributed by atoms with Crippen LogP contribution in [0.1, 0.15) is 23.7 Å². The number of halogens is 3. The molecule has 21 heavy (non-hydrogen) atoms. The Hall–Kier alpha value is -0.700. The van der Waals surface area contributed by atoms with Gasteiger partial charge in [0.05, 0.1) is 22.6 Å². The smallest absolute Gasteiger partial charge is 0.262 e. The van der Waals surface area contributed by atoms with E-state index in [2.05, 4.69) is 21.2 Å². The van der Waals surface area contributed by atoms with E-state index in [9.17, 15) is 17.6 Å². The highest BCUT2D eigenvalue weighted by atomic mass is 79.9. The largest absolute Gasteiger partial charge is 0.376 e. The minimum atomic E-state index is -4.09. The highest BCUT2D eigenvalue weighted by Gasteiger charge is 2.28. The molecule has 1 heterocycles. The molecule has 1 fully saturated rings. The molecule has 1 saturated heterocycles. The Morgan fingerprint density at radius 2 is 2.19 bits per heavy atom. The monoisotopic (exact) mass is 399 g/mol. The van der Waals surface area contributed by atoms with Gasteiger partial charge in [-0.25, -0.2) is 12.8 Å². The number of rotatable bonds is 3. The Balaban J connectivity index is 2.33. The summed E-state index contributed by atoms with van der Waals surface area (Å²) < 4.78 is 41.9. The third kappa shape index (κ3) is 3.74. The molecule has 2 atom stereocenters. The van der Waals surface area contributed by atoms with Crippen LogP contribution < -0.4 is 5.32 Å². The molecule has 0 aromatic heterocycles. The van der Waals surface area contributed by atoms with Crippen molar-refractivity contribution in [2.24, 2.45) is 0 Å². The predicted octanol–water partition coefficient (Wildman–Crippen LogP) is 2.42. The molecule has 2 unspecified atom stereocenters. The molecule has 9 heteroatoms. The van der Waals surface area contributed by atoms with Crippen LogP contribution in [0.25, 0.3) is 0 Å². The van der Waals surface area contributed by atoms with Crippen LogP contribution in [0.3, 0.4) is 0 Å². The second kappa shape index (κ2) is 6.20. The minimum absolute atomic E-state index is 0.0379. The summed E-state index contributed by atoms with van der Waals surface area (Å²) >= 11 is 2.91. The van der Waals surface area contributed by atoms with Gasteiger partial charge in [-0.15, -0.1) is 0 Å². The van der Waals surface area contributed by atoms with Gasteiger partial charge in [-0.3, -0.25) is 4.79 Å². The summed E-state index contributed by atoms with van der Waals surface area (Å²) in [6, 6.07) is 1.58. The topological polar surface area (TPSA) is 72.5 Å². The van der Waals surface area contributed by atoms with Gasteiger partial charge in [0, 0.05) is 21.8 Å². The summed E-state index contributed by atoms with van der Waals surface area (Å²) in [6.45, 7) is 2.31. The number of carbonyl (C=O) groups excluding carboxylic acids is 1. The lowest BCUT2D eigenvalue weighted by Gasteiger charge is -2.16. The van der Waals surface area contributed by atoms with Gasteiger partial charge in [0.25, 0.3) is 15.0 Å². The van der Waals surface area contributed by atoms with Crippen LogP contribution in [-0.4, -0.2) is 33.1 Å². The lowest BCUT2D eigenvalue weighted by atomic mass is 10.1. The molecule has 2 rings (SSSR count). The van der Waals surface area contributed by atoms with E-state index in [1.54, 1.807) is 6.92 Å². The number of hydrogen-bond acceptors (Lipinski definition) is 4. The molecular formula is C12H12BrClFNO4S. The van der Waals surface area contributed by atoms with Crippen molar-refractivity contribution in [1.29, 1.82) is 0 Å². The zero-order valence-electron chi connectivity index (χ0n) is 10.9. The summed E-state index contributed by atoms with van der Waals surface area (Å²) in [7, 11) is 1.16. The zero-order valence-corrected chi connectivity index (χ0v) is 14.1. The molecule has 5 nitrogen and oxygen atoms in total. The van der Waals surface area contributed by atoms with E-state index in [0.717, 1.165) is 12.1 Å². The van der Waals surface area contributed by atoms with Gasteiger partial charge >= 0.3 is 0 Å². The number of hydrogen-bond donors (Lipinski definition) is 1. The molecule has 1 amide bonds. The van der Waals surface area contributed by atoms with Gasteiger partial charge in [-0.2, -0.15) is 0 Å². The highest BCUT2D eigenvalue weighted by Crippen LogP contribution is 2.28. The van der Waals surface area contributed by atoms with E-state index in [-0.39, 0.29) is 27.1 Å². The maximum Gasteiger partial charge on any atom is 0.262 e. The SMILES string of the molecule is CC1OCCC1NC(=O)c1cc(S(=O)(=O)Cl)c(Br)cc1F. The molecule has 1 aromatic rings. The van der Waals surface area contributed by atoms with Crippen LogP contribution in [-0.2, 0) is 13.8 Å². The molecule has 0 aliphatic carbocycles. The fourth-order valence-electron chi connectivity index (χ4n) is 2.06. The third-order valence-electron chi connectivity index (χ3n) is 3.22. The lowest BCUT2D eigenvalue weighted by molar-refractivity contribution is 0.0862. The van der Waals surface area contributed by atoms with E-state index >= 15 is 0 Å². The second-order valence-electron chi connectivity index (χ2n) is 4.64. The average molecular weight is 401 g/mol. The molecule has 1 aliphatic heterocycles. The Kier molecular flexibility index (Phi) is 4.92. The quantitative estimate of drug-likeness (QED) is 0.791. The fourth-order valence-corrected chi connectivity index (χ4v) is 4.23. The van der Waals surface area contributed by atoms with Gasteiger partial charge in [-0.1, -0.05) is 0 Å². The molecule has 0 radical (unpaired) electrons. The van der Waals surface area contributed by atoms with Crippen molar-refractivity contribution in [2.75, 3.05) is 6.61 Å². The van der Waals surface area contributed by atoms with E-state index in [4.69, 9.17) is 15.4 Å². The Bertz CT molecular complexity index is 682. The van der Waals surface area contributed by atoms with Crippen molar-refractivity contribution in [1.82, 2.24) is 5.32 Å². The molecule has 116 valence electrons. The molecule has 1 aliphatic rings. The van der Waals surface area contributed by atoms with Crippen LogP contribution in [0.15, 0.2) is 21.5 Å². The number of amides is 1. The van der Waals surface area contributed by atoms with Crippen molar-refractivity contribution in [2.45, 2.75) is 30.4 Å².